The molecule has 6 rings (SSSR count). The number of Topliss-reactive ketones (excluding diaryl/α,β-unsaturated/α-hetero) is 1. The monoisotopic (exact) mass is 503 g/mol. The van der Waals surface area contributed by atoms with Gasteiger partial charge in [-0.05, 0) is 80.0 Å². The summed E-state index contributed by atoms with van der Waals surface area (Å²) in [5.74, 6) is 2.29. The topological polar surface area (TPSA) is 68.2 Å². The molecule has 4 saturated carbocycles. The van der Waals surface area contributed by atoms with Crippen LogP contribution in [0.2, 0.25) is 0 Å². The zero-order chi connectivity index (χ0) is 25.5. The lowest BCUT2D eigenvalue weighted by molar-refractivity contribution is -0.218. The molecule has 2 saturated heterocycles. The van der Waals surface area contributed by atoms with Crippen LogP contribution in [0, 0.1) is 46.3 Å². The van der Waals surface area contributed by atoms with E-state index < -0.39 is 5.79 Å². The number of nitrogens with zero attached hydrogens (tertiary/aromatic N) is 1. The molecule has 2 aliphatic heterocycles. The summed E-state index contributed by atoms with van der Waals surface area (Å²) in [4.78, 5) is 16.7. The Morgan fingerprint density at radius 3 is 2.47 bits per heavy atom. The normalized spacial score (nSPS) is 51.1. The molecule has 1 N–H and O–H groups in total. The predicted molar refractivity (Wildman–Crippen MR) is 137 cm³/mol. The van der Waals surface area contributed by atoms with Crippen molar-refractivity contribution in [1.29, 1.82) is 0 Å². The van der Waals surface area contributed by atoms with Crippen molar-refractivity contribution in [3.63, 3.8) is 0 Å². The van der Waals surface area contributed by atoms with Crippen LogP contribution in [0.1, 0.15) is 79.6 Å². The summed E-state index contributed by atoms with van der Waals surface area (Å²) in [5.41, 5.74) is -0.0674. The number of fused-ring (bicyclic) bond motifs is 5. The average molecular weight is 504 g/mol. The molecule has 204 valence electrons. The molecule has 10 atom stereocenters. The molecule has 36 heavy (non-hydrogen) atoms. The molecule has 0 amide bonds. The number of carbonyl (C=O) groups excluding carboxylic acids is 1. The van der Waals surface area contributed by atoms with Gasteiger partial charge in [-0.3, -0.25) is 9.69 Å². The maximum absolute atomic E-state index is 14.2. The van der Waals surface area contributed by atoms with Crippen molar-refractivity contribution in [3.05, 3.63) is 0 Å². The fraction of sp³-hybridized carbons (Fsp3) is 0.967. The van der Waals surface area contributed by atoms with Crippen molar-refractivity contribution in [2.75, 3.05) is 32.9 Å². The molecule has 4 aliphatic carbocycles. The number of ketones is 1. The zero-order valence-corrected chi connectivity index (χ0v) is 23.2. The van der Waals surface area contributed by atoms with Gasteiger partial charge < -0.3 is 19.3 Å². The molecular formula is C30H49NO5. The highest BCUT2D eigenvalue weighted by Gasteiger charge is 2.67. The summed E-state index contributed by atoms with van der Waals surface area (Å²) in [7, 11) is 0. The minimum atomic E-state index is -0.541. The number of hydrogen-bond donors (Lipinski definition) is 1. The van der Waals surface area contributed by atoms with Crippen molar-refractivity contribution >= 4 is 5.78 Å². The third-order valence-electron chi connectivity index (χ3n) is 12.2. The van der Waals surface area contributed by atoms with E-state index in [2.05, 4.69) is 39.5 Å². The number of ether oxygens (including phenoxy) is 3. The van der Waals surface area contributed by atoms with E-state index in [1.54, 1.807) is 0 Å². The minimum absolute atomic E-state index is 0.0286. The second-order valence-electron chi connectivity index (χ2n) is 14.2. The van der Waals surface area contributed by atoms with Crippen molar-refractivity contribution < 1.29 is 24.1 Å². The maximum Gasteiger partial charge on any atom is 0.169 e. The second kappa shape index (κ2) is 9.01. The molecule has 6 aliphatic rings. The fourth-order valence-corrected chi connectivity index (χ4v) is 10.5. The van der Waals surface area contributed by atoms with Crippen LogP contribution in [-0.4, -0.2) is 72.7 Å². The van der Waals surface area contributed by atoms with Crippen LogP contribution < -0.4 is 0 Å². The van der Waals surface area contributed by atoms with Gasteiger partial charge in [0.2, 0.25) is 0 Å². The van der Waals surface area contributed by atoms with E-state index in [0.29, 0.717) is 49.1 Å². The fourth-order valence-electron chi connectivity index (χ4n) is 10.5. The Morgan fingerprint density at radius 2 is 1.75 bits per heavy atom. The number of carbonyl (C=O) groups is 1. The van der Waals surface area contributed by atoms with Crippen LogP contribution in [-0.2, 0) is 19.0 Å². The van der Waals surface area contributed by atoms with Crippen LogP contribution in [0.25, 0.3) is 0 Å². The average Bonchev–Trinajstić information content (AvgIpc) is 3.42. The summed E-state index contributed by atoms with van der Waals surface area (Å²) in [6.45, 7) is 15.2. The Kier molecular flexibility index (Phi) is 6.44. The quantitative estimate of drug-likeness (QED) is 0.620. The first-order chi connectivity index (χ1) is 17.1. The van der Waals surface area contributed by atoms with Gasteiger partial charge in [0.25, 0.3) is 0 Å². The van der Waals surface area contributed by atoms with Gasteiger partial charge in [0.05, 0.1) is 32.0 Å². The van der Waals surface area contributed by atoms with E-state index in [9.17, 15) is 9.90 Å². The third-order valence-corrected chi connectivity index (χ3v) is 12.2. The molecule has 0 spiro atoms. The van der Waals surface area contributed by atoms with E-state index in [1.165, 1.54) is 6.42 Å². The van der Waals surface area contributed by atoms with Crippen molar-refractivity contribution in [2.24, 2.45) is 46.3 Å². The largest absolute Gasteiger partial charge is 0.391 e. The van der Waals surface area contributed by atoms with Crippen LogP contribution >= 0.6 is 0 Å². The standard InChI is InChI=1S/C30H49NO5/c1-18(2)25-17-31(10-11-34-25)22-15-28(3)19(14-23(22)32)6-7-20-21-8-9-26(30(5)35-12-13-36-30)29(21,4)16-24(33)27(20)28/h18-23,25-27,32H,6-17H2,1-5H3/t19-,20-,21-,22-,23-,25-,26-,27+,28-,29-/m0/s1. The van der Waals surface area contributed by atoms with E-state index in [1.807, 2.05) is 0 Å². The number of hydrogen-bond acceptors (Lipinski definition) is 6. The second-order valence-corrected chi connectivity index (χ2v) is 14.2. The molecule has 0 aromatic heterocycles. The Labute approximate surface area is 217 Å². The maximum atomic E-state index is 14.2. The van der Waals surface area contributed by atoms with Gasteiger partial charge in [0.1, 0.15) is 5.78 Å². The number of aliphatic hydroxyl groups excluding tert-OH is 1. The molecule has 2 heterocycles. The number of rotatable bonds is 3. The molecule has 0 unspecified atom stereocenters. The Bertz CT molecular complexity index is 856. The van der Waals surface area contributed by atoms with E-state index >= 15 is 0 Å². The Hall–Kier alpha value is -0.530. The van der Waals surface area contributed by atoms with Crippen LogP contribution in [0.15, 0.2) is 0 Å². The van der Waals surface area contributed by atoms with Gasteiger partial charge in [-0.25, -0.2) is 0 Å². The smallest absolute Gasteiger partial charge is 0.169 e. The lowest BCUT2D eigenvalue weighted by Crippen LogP contribution is -2.63. The van der Waals surface area contributed by atoms with Crippen molar-refractivity contribution in [1.82, 2.24) is 4.90 Å². The highest BCUT2D eigenvalue weighted by molar-refractivity contribution is 5.84. The molecule has 0 aromatic carbocycles. The summed E-state index contributed by atoms with van der Waals surface area (Å²) in [5, 5.41) is 11.3. The van der Waals surface area contributed by atoms with E-state index in [4.69, 9.17) is 14.2 Å². The predicted octanol–water partition coefficient (Wildman–Crippen LogP) is 4.28. The Morgan fingerprint density at radius 1 is 1.00 bits per heavy atom. The van der Waals surface area contributed by atoms with Gasteiger partial charge in [-0.1, -0.05) is 27.7 Å². The van der Waals surface area contributed by atoms with Gasteiger partial charge in [-0.2, -0.15) is 0 Å². The highest BCUT2D eigenvalue weighted by Crippen LogP contribution is 2.68. The van der Waals surface area contributed by atoms with Gasteiger partial charge >= 0.3 is 0 Å². The first-order valence-corrected chi connectivity index (χ1v) is 14.9. The highest BCUT2D eigenvalue weighted by atomic mass is 16.7. The van der Waals surface area contributed by atoms with E-state index in [0.717, 1.165) is 51.8 Å². The molecule has 0 bridgehead atoms. The summed E-state index contributed by atoms with van der Waals surface area (Å²) < 4.78 is 18.4. The van der Waals surface area contributed by atoms with Gasteiger partial charge in [0, 0.05) is 37.4 Å². The lowest BCUT2D eigenvalue weighted by atomic mass is 9.43. The molecule has 6 fully saturated rings. The first-order valence-electron chi connectivity index (χ1n) is 14.9. The number of aliphatic hydroxyl groups is 1. The van der Waals surface area contributed by atoms with E-state index in [-0.39, 0.29) is 40.9 Å². The summed E-state index contributed by atoms with van der Waals surface area (Å²) >= 11 is 0. The van der Waals surface area contributed by atoms with Crippen LogP contribution in [0.5, 0.6) is 0 Å². The zero-order valence-electron chi connectivity index (χ0n) is 23.2. The number of morpholine rings is 1. The van der Waals surface area contributed by atoms with Gasteiger partial charge in [0.15, 0.2) is 5.79 Å². The Balaban J connectivity index is 1.26. The molecule has 6 nitrogen and oxygen atoms in total. The van der Waals surface area contributed by atoms with Gasteiger partial charge in [-0.15, -0.1) is 0 Å². The molecule has 6 heteroatoms. The summed E-state index contributed by atoms with van der Waals surface area (Å²) in [6.07, 6.45) is 6.92. The molecular weight excluding hydrogens is 454 g/mol. The van der Waals surface area contributed by atoms with Crippen LogP contribution in [0.3, 0.4) is 0 Å². The summed E-state index contributed by atoms with van der Waals surface area (Å²) in [6, 6.07) is 0.131. The van der Waals surface area contributed by atoms with Crippen molar-refractivity contribution in [2.45, 2.75) is 104 Å². The van der Waals surface area contributed by atoms with Crippen molar-refractivity contribution in [3.8, 4) is 0 Å². The third kappa shape index (κ3) is 3.79. The molecule has 0 radical (unpaired) electrons. The first kappa shape index (κ1) is 25.7. The minimum Gasteiger partial charge on any atom is -0.391 e. The lowest BCUT2D eigenvalue weighted by Gasteiger charge is -2.62. The molecule has 0 aromatic rings. The SMILES string of the molecule is CC(C)[C@@H]1CN([C@H]2C[C@@]3(C)[C@@H](CC[C@H]4[C@@H]5CC[C@H](C6(C)OCCO6)[C@@]5(C)CC(=O)[C@@H]43)C[C@@H]2O)CCO1. The van der Waals surface area contributed by atoms with Crippen LogP contribution in [0.4, 0.5) is 0 Å².